The number of aliphatic hydroxyl groups excluding tert-OH is 1. The molecule has 0 bridgehead atoms. The highest BCUT2D eigenvalue weighted by Gasteiger charge is 2.36. The number of nitrogens with one attached hydrogen (secondary N) is 4. The van der Waals surface area contributed by atoms with Crippen LogP contribution >= 0.6 is 0 Å². The van der Waals surface area contributed by atoms with E-state index < -0.39 is 6.10 Å². The first-order valence-corrected chi connectivity index (χ1v) is 15.8. The molecule has 0 aromatic heterocycles. The lowest BCUT2D eigenvalue weighted by molar-refractivity contribution is -0.130. The van der Waals surface area contributed by atoms with Gasteiger partial charge in [0.1, 0.15) is 0 Å². The van der Waals surface area contributed by atoms with E-state index in [2.05, 4.69) is 26.2 Å². The van der Waals surface area contributed by atoms with E-state index in [-0.39, 0.29) is 30.0 Å². The highest BCUT2D eigenvalue weighted by molar-refractivity contribution is 5.78. The van der Waals surface area contributed by atoms with Gasteiger partial charge in [0, 0.05) is 58.2 Å². The maximum Gasteiger partial charge on any atom is 0.223 e. The zero-order valence-electron chi connectivity index (χ0n) is 24.3. The van der Waals surface area contributed by atoms with Crippen LogP contribution in [-0.4, -0.2) is 123 Å². The number of amides is 2. The van der Waals surface area contributed by atoms with Gasteiger partial charge in [0.05, 0.1) is 37.8 Å². The first kappa shape index (κ1) is 30.1. The van der Waals surface area contributed by atoms with E-state index in [1.807, 2.05) is 4.90 Å². The topological polar surface area (TPSA) is 127 Å². The number of hydrogen-bond acceptors (Lipinski definition) is 9. The molecule has 7 atom stereocenters. The smallest absolute Gasteiger partial charge is 0.223 e. The second kappa shape index (κ2) is 14.7. The molecule has 4 saturated heterocycles. The Labute approximate surface area is 239 Å². The van der Waals surface area contributed by atoms with Crippen molar-refractivity contribution in [3.8, 4) is 0 Å². The van der Waals surface area contributed by atoms with Crippen LogP contribution in [0.4, 0.5) is 0 Å². The van der Waals surface area contributed by atoms with Gasteiger partial charge < -0.3 is 35.0 Å². The summed E-state index contributed by atoms with van der Waals surface area (Å²) in [6, 6.07) is 0.368. The second-order valence-electron chi connectivity index (χ2n) is 12.8. The number of piperidine rings is 3. The molecule has 2 amide bonds. The highest BCUT2D eigenvalue weighted by Crippen LogP contribution is 2.37. The first-order chi connectivity index (χ1) is 19.4. The Balaban J connectivity index is 0.958. The van der Waals surface area contributed by atoms with Gasteiger partial charge in [-0.25, -0.2) is 0 Å². The number of β-amino-alcohol motifs (C(OH)–C–C–N with tert-alkyl or cyclic N) is 1. The Morgan fingerprint density at radius 3 is 2.70 bits per heavy atom. The summed E-state index contributed by atoms with van der Waals surface area (Å²) in [7, 11) is 0. The molecule has 40 heavy (non-hydrogen) atoms. The van der Waals surface area contributed by atoms with Gasteiger partial charge in [-0.3, -0.25) is 20.2 Å². The maximum atomic E-state index is 12.9. The van der Waals surface area contributed by atoms with Crippen molar-refractivity contribution < 1.29 is 24.2 Å². The van der Waals surface area contributed by atoms with Crippen LogP contribution in [0.1, 0.15) is 58.3 Å². The molecule has 0 aromatic carbocycles. The second-order valence-corrected chi connectivity index (χ2v) is 12.8. The number of ether oxygens (including phenoxy) is 2. The third-order valence-electron chi connectivity index (χ3n) is 9.84. The predicted molar refractivity (Wildman–Crippen MR) is 151 cm³/mol. The fourth-order valence-corrected chi connectivity index (χ4v) is 7.43. The van der Waals surface area contributed by atoms with E-state index in [9.17, 15) is 14.7 Å². The number of rotatable bonds is 10. The van der Waals surface area contributed by atoms with Crippen LogP contribution in [0.2, 0.25) is 0 Å². The number of likely N-dealkylation sites (tertiary alicyclic amines) is 2. The Kier molecular flexibility index (Phi) is 11.1. The molecule has 5 aliphatic rings. The summed E-state index contributed by atoms with van der Waals surface area (Å²) in [5.41, 5.74) is 0. The largest absolute Gasteiger partial charge is 0.390 e. The Hall–Kier alpha value is -1.34. The van der Waals surface area contributed by atoms with Gasteiger partial charge in [0.15, 0.2) is 0 Å². The Bertz CT molecular complexity index is 821. The Morgan fingerprint density at radius 2 is 1.93 bits per heavy atom. The molecule has 1 aliphatic carbocycles. The molecule has 6 unspecified atom stereocenters. The van der Waals surface area contributed by atoms with E-state index in [0.29, 0.717) is 50.4 Å². The van der Waals surface area contributed by atoms with Crippen LogP contribution in [0.15, 0.2) is 0 Å². The minimum absolute atomic E-state index is 0.0482. The monoisotopic (exact) mass is 564 g/mol. The van der Waals surface area contributed by atoms with E-state index in [4.69, 9.17) is 9.47 Å². The van der Waals surface area contributed by atoms with Crippen molar-refractivity contribution >= 4 is 11.8 Å². The number of fused-ring (bicyclic) bond motifs is 1. The lowest BCUT2D eigenvalue weighted by Crippen LogP contribution is -2.56. The average molecular weight is 565 g/mol. The van der Waals surface area contributed by atoms with Crippen molar-refractivity contribution in [3.63, 3.8) is 0 Å². The number of carbonyl (C=O) groups excluding carboxylic acids is 2. The van der Waals surface area contributed by atoms with E-state index >= 15 is 0 Å². The van der Waals surface area contributed by atoms with Crippen LogP contribution in [0.5, 0.6) is 0 Å². The minimum Gasteiger partial charge on any atom is -0.390 e. The van der Waals surface area contributed by atoms with Crippen molar-refractivity contribution in [2.45, 2.75) is 88.8 Å². The van der Waals surface area contributed by atoms with Crippen LogP contribution < -0.4 is 21.3 Å². The molecule has 11 heteroatoms. The summed E-state index contributed by atoms with van der Waals surface area (Å²) in [5, 5.41) is 24.2. The number of aliphatic hydroxyl groups is 1. The molecule has 4 heterocycles. The minimum atomic E-state index is -0.553. The van der Waals surface area contributed by atoms with Gasteiger partial charge in [-0.2, -0.15) is 0 Å². The van der Waals surface area contributed by atoms with E-state index in [1.165, 1.54) is 6.42 Å². The van der Waals surface area contributed by atoms with Crippen LogP contribution in [-0.2, 0) is 19.1 Å². The molecule has 0 spiro atoms. The van der Waals surface area contributed by atoms with Crippen molar-refractivity contribution in [3.05, 3.63) is 0 Å². The lowest BCUT2D eigenvalue weighted by atomic mass is 9.74. The van der Waals surface area contributed by atoms with Crippen LogP contribution in [0.25, 0.3) is 0 Å². The standard InChI is InChI=1S/C29H52N6O5/c1-20(36)35-10-6-24(7-11-35)33-28-13-22(4-8-31-28)29(38)32-14-25(37)17-34-9-5-21-12-26(3-2-23(21)16-34)39-18-27-15-30-19-40-27/h21-28,30-31,33,37H,2-19H2,1H3,(H,32,38)/t21?,22?,23?,25-,26?,27?,28?/m0/s1. The SMILES string of the molecule is CC(=O)N1CCC(NC2CC(C(=O)NC[C@H](O)CN3CCC4CC(OCC5CNCO5)CCC4C3)CCN2)CC1. The summed E-state index contributed by atoms with van der Waals surface area (Å²) in [4.78, 5) is 28.8. The fraction of sp³-hybridized carbons (Fsp3) is 0.931. The maximum absolute atomic E-state index is 12.9. The highest BCUT2D eigenvalue weighted by atomic mass is 16.5. The van der Waals surface area contributed by atoms with E-state index in [1.54, 1.807) is 6.92 Å². The number of carbonyl (C=O) groups is 2. The van der Waals surface area contributed by atoms with Crippen molar-refractivity contribution in [1.29, 1.82) is 0 Å². The molecule has 5 rings (SSSR count). The molecule has 228 valence electrons. The summed E-state index contributed by atoms with van der Waals surface area (Å²) in [5.74, 6) is 1.53. The fourth-order valence-electron chi connectivity index (χ4n) is 7.43. The molecular weight excluding hydrogens is 512 g/mol. The zero-order chi connectivity index (χ0) is 27.9. The van der Waals surface area contributed by atoms with Gasteiger partial charge in [0.2, 0.25) is 11.8 Å². The summed E-state index contributed by atoms with van der Waals surface area (Å²) >= 11 is 0. The molecule has 4 aliphatic heterocycles. The Morgan fingerprint density at radius 1 is 1.07 bits per heavy atom. The summed E-state index contributed by atoms with van der Waals surface area (Å²) in [6.07, 6.45) is 8.14. The normalized spacial score (nSPS) is 34.8. The lowest BCUT2D eigenvalue weighted by Gasteiger charge is -2.44. The predicted octanol–water partition coefficient (Wildman–Crippen LogP) is -0.157. The van der Waals surface area contributed by atoms with Gasteiger partial charge in [0.25, 0.3) is 0 Å². The van der Waals surface area contributed by atoms with Gasteiger partial charge >= 0.3 is 0 Å². The molecule has 1 saturated carbocycles. The molecule has 11 nitrogen and oxygen atoms in total. The van der Waals surface area contributed by atoms with Gasteiger partial charge in [-0.05, 0) is 76.3 Å². The number of nitrogens with zero attached hydrogens (tertiary/aromatic N) is 2. The summed E-state index contributed by atoms with van der Waals surface area (Å²) < 4.78 is 11.8. The number of hydrogen-bond donors (Lipinski definition) is 5. The van der Waals surface area contributed by atoms with Crippen LogP contribution in [0, 0.1) is 17.8 Å². The van der Waals surface area contributed by atoms with Gasteiger partial charge in [-0.1, -0.05) is 0 Å². The van der Waals surface area contributed by atoms with Gasteiger partial charge in [-0.15, -0.1) is 0 Å². The molecule has 5 fully saturated rings. The van der Waals surface area contributed by atoms with Crippen molar-refractivity contribution in [2.75, 3.05) is 65.7 Å². The molecule has 0 aromatic rings. The molecular formula is C29H52N6O5. The third kappa shape index (κ3) is 8.59. The molecule has 5 N–H and O–H groups in total. The average Bonchev–Trinajstić information content (AvgIpc) is 3.49. The summed E-state index contributed by atoms with van der Waals surface area (Å²) in [6.45, 7) is 9.19. The van der Waals surface area contributed by atoms with Crippen LogP contribution in [0.3, 0.4) is 0 Å². The zero-order valence-corrected chi connectivity index (χ0v) is 24.3. The van der Waals surface area contributed by atoms with Crippen molar-refractivity contribution in [2.24, 2.45) is 17.8 Å². The third-order valence-corrected chi connectivity index (χ3v) is 9.84. The quantitative estimate of drug-likeness (QED) is 0.246. The first-order valence-electron chi connectivity index (χ1n) is 15.8. The van der Waals surface area contributed by atoms with Crippen molar-refractivity contribution in [1.82, 2.24) is 31.1 Å². The molecule has 0 radical (unpaired) electrons. The van der Waals surface area contributed by atoms with E-state index in [0.717, 1.165) is 84.2 Å².